The summed E-state index contributed by atoms with van der Waals surface area (Å²) >= 11 is 0. The predicted molar refractivity (Wildman–Crippen MR) is 211 cm³/mol. The molecular formula is C42H64O4P2. The van der Waals surface area contributed by atoms with Crippen LogP contribution in [0.3, 0.4) is 0 Å². The molecule has 0 aliphatic rings. The minimum absolute atomic E-state index is 0.0590. The molecule has 0 fully saturated rings. The zero-order valence-electron chi connectivity index (χ0n) is 33.3. The molecule has 0 aliphatic carbocycles. The Morgan fingerprint density at radius 1 is 0.312 bits per heavy atom. The molecule has 266 valence electrons. The minimum Gasteiger partial charge on any atom is -0.440 e. The van der Waals surface area contributed by atoms with Crippen LogP contribution >= 0.6 is 18.1 Å². The van der Waals surface area contributed by atoms with Crippen LogP contribution in [0.1, 0.15) is 158 Å². The maximum Gasteiger partial charge on any atom is 0.275 e. The Morgan fingerprint density at radius 3 is 0.812 bits per heavy atom. The maximum atomic E-state index is 6.51. The van der Waals surface area contributed by atoms with Gasteiger partial charge in [0, 0.05) is 22.3 Å². The van der Waals surface area contributed by atoms with E-state index in [1.165, 1.54) is 22.3 Å². The van der Waals surface area contributed by atoms with Gasteiger partial charge in [0.2, 0.25) is 0 Å². The number of rotatable bonds is 8. The van der Waals surface area contributed by atoms with Crippen LogP contribution < -0.4 is 18.1 Å². The summed E-state index contributed by atoms with van der Waals surface area (Å²) in [5.41, 5.74) is 6.70. The van der Waals surface area contributed by atoms with Crippen molar-refractivity contribution in [1.29, 1.82) is 0 Å². The second kappa shape index (κ2) is 14.2. The van der Waals surface area contributed by atoms with E-state index in [0.29, 0.717) is 0 Å². The molecule has 0 saturated heterocycles. The minimum atomic E-state index is -0.196. The first-order chi connectivity index (χ1) is 21.6. The average molecular weight is 695 g/mol. The van der Waals surface area contributed by atoms with E-state index in [2.05, 4.69) is 173 Å². The first kappa shape index (κ1) is 40.2. The second-order valence-electron chi connectivity index (χ2n) is 19.3. The van der Waals surface area contributed by atoms with Gasteiger partial charge in [0.05, 0.1) is 0 Å². The van der Waals surface area contributed by atoms with Crippen LogP contribution in [0.15, 0.2) is 48.5 Å². The van der Waals surface area contributed by atoms with Crippen molar-refractivity contribution >= 4 is 18.1 Å². The molecule has 0 N–H and O–H groups in total. The molecule has 6 heteroatoms. The number of benzene rings is 3. The van der Waals surface area contributed by atoms with Gasteiger partial charge in [0.25, 0.3) is 18.1 Å². The van der Waals surface area contributed by atoms with E-state index in [0.717, 1.165) is 34.1 Å². The van der Waals surface area contributed by atoms with E-state index < -0.39 is 0 Å². The molecule has 2 atom stereocenters. The first-order valence-electron chi connectivity index (χ1n) is 17.3. The average Bonchev–Trinajstić information content (AvgIpc) is 2.90. The van der Waals surface area contributed by atoms with Crippen LogP contribution in [0.25, 0.3) is 0 Å². The van der Waals surface area contributed by atoms with Crippen molar-refractivity contribution < 1.29 is 18.1 Å². The lowest BCUT2D eigenvalue weighted by Gasteiger charge is -2.29. The molecule has 2 unspecified atom stereocenters. The van der Waals surface area contributed by atoms with Gasteiger partial charge in [-0.3, -0.25) is 0 Å². The molecule has 0 heterocycles. The van der Waals surface area contributed by atoms with E-state index in [-0.39, 0.29) is 50.6 Å². The van der Waals surface area contributed by atoms with Gasteiger partial charge >= 0.3 is 0 Å². The molecule has 0 bridgehead atoms. The summed E-state index contributed by atoms with van der Waals surface area (Å²) in [5.74, 6) is 3.37. The van der Waals surface area contributed by atoms with E-state index in [1.807, 2.05) is 0 Å². The zero-order chi connectivity index (χ0) is 36.7. The Hall–Kier alpha value is -2.28. The van der Waals surface area contributed by atoms with Gasteiger partial charge in [-0.2, -0.15) is 0 Å². The van der Waals surface area contributed by atoms with Crippen molar-refractivity contribution in [2.24, 2.45) is 0 Å². The Labute approximate surface area is 297 Å². The Kier molecular flexibility index (Phi) is 11.8. The van der Waals surface area contributed by atoms with E-state index in [9.17, 15) is 0 Å². The van der Waals surface area contributed by atoms with Crippen molar-refractivity contribution in [2.75, 3.05) is 0 Å². The highest BCUT2D eigenvalue weighted by molar-refractivity contribution is 7.27. The fourth-order valence-electron chi connectivity index (χ4n) is 5.47. The van der Waals surface area contributed by atoms with Crippen LogP contribution in [0.4, 0.5) is 0 Å². The highest BCUT2D eigenvalue weighted by Crippen LogP contribution is 2.46. The standard InChI is InChI=1S/C42H64O4P2/c1-37(2,3)27-19-21-33(29(23-27)39(7,8)9)43-47-45-35-25-32(42(16,17)18)36(26-31(35)41(13,14)15)46-48-44-34-22-20-28(38(4,5)6)24-30(34)40(10,11)12/h19-26,47-48H,1-18H3. The summed E-state index contributed by atoms with van der Waals surface area (Å²) in [6, 6.07) is 17.4. The maximum absolute atomic E-state index is 6.51. The molecule has 48 heavy (non-hydrogen) atoms. The van der Waals surface area contributed by atoms with Crippen molar-refractivity contribution in [3.8, 4) is 23.0 Å². The molecule has 0 aliphatic heterocycles. The summed E-state index contributed by atoms with van der Waals surface area (Å²) in [4.78, 5) is 0. The van der Waals surface area contributed by atoms with Crippen molar-refractivity contribution in [3.63, 3.8) is 0 Å². The Morgan fingerprint density at radius 2 is 0.562 bits per heavy atom. The molecule has 3 rings (SSSR count). The lowest BCUT2D eigenvalue weighted by atomic mass is 9.80. The van der Waals surface area contributed by atoms with Gasteiger partial charge in [0.1, 0.15) is 23.0 Å². The van der Waals surface area contributed by atoms with Gasteiger partial charge in [-0.25, -0.2) is 0 Å². The van der Waals surface area contributed by atoms with Crippen LogP contribution in [0, 0.1) is 0 Å². The largest absolute Gasteiger partial charge is 0.440 e. The van der Waals surface area contributed by atoms with Crippen molar-refractivity contribution in [1.82, 2.24) is 0 Å². The first-order valence-corrected chi connectivity index (χ1v) is 18.9. The lowest BCUT2D eigenvalue weighted by molar-refractivity contribution is 0.460. The zero-order valence-corrected chi connectivity index (χ0v) is 35.3. The van der Waals surface area contributed by atoms with Crippen LogP contribution in [-0.2, 0) is 32.5 Å². The molecule has 3 aromatic carbocycles. The van der Waals surface area contributed by atoms with Crippen LogP contribution in [-0.4, -0.2) is 0 Å². The second-order valence-corrected chi connectivity index (χ2v) is 20.5. The van der Waals surface area contributed by atoms with Gasteiger partial charge in [-0.15, -0.1) is 0 Å². The lowest BCUT2D eigenvalue weighted by Crippen LogP contribution is -2.18. The van der Waals surface area contributed by atoms with Gasteiger partial charge < -0.3 is 18.1 Å². The highest BCUT2D eigenvalue weighted by atomic mass is 31.1. The van der Waals surface area contributed by atoms with Crippen LogP contribution in [0.2, 0.25) is 0 Å². The SMILES string of the molecule is CC(C)(C)c1ccc(OPOc2cc(C(C)(C)C)c(OPOc3ccc(C(C)(C)C)cc3C(C)(C)C)cc2C(C)(C)C)c(C(C)(C)C)c1. The van der Waals surface area contributed by atoms with Crippen LogP contribution in [0.5, 0.6) is 23.0 Å². The molecule has 3 aromatic rings. The molecule has 0 aromatic heterocycles. The molecule has 0 saturated carbocycles. The molecule has 0 amide bonds. The van der Waals surface area contributed by atoms with E-state index >= 15 is 0 Å². The summed E-state index contributed by atoms with van der Waals surface area (Å²) < 4.78 is 25.8. The van der Waals surface area contributed by atoms with Gasteiger partial charge in [-0.1, -0.05) is 149 Å². The fourth-order valence-corrected chi connectivity index (χ4v) is 6.60. The monoisotopic (exact) mass is 694 g/mol. The topological polar surface area (TPSA) is 36.9 Å². The predicted octanol–water partition coefficient (Wildman–Crippen LogP) is 13.4. The van der Waals surface area contributed by atoms with Gasteiger partial charge in [0.15, 0.2) is 0 Å². The number of hydrogen-bond donors (Lipinski definition) is 0. The quantitative estimate of drug-likeness (QED) is 0.220. The third-order valence-electron chi connectivity index (χ3n) is 8.61. The smallest absolute Gasteiger partial charge is 0.275 e. The molecular weight excluding hydrogens is 630 g/mol. The Balaban J connectivity index is 1.93. The van der Waals surface area contributed by atoms with E-state index in [1.54, 1.807) is 0 Å². The normalized spacial score (nSPS) is 13.9. The van der Waals surface area contributed by atoms with Gasteiger partial charge in [-0.05, 0) is 67.9 Å². The third kappa shape index (κ3) is 10.4. The molecule has 0 spiro atoms. The summed E-state index contributed by atoms with van der Waals surface area (Å²) in [7, 11) is -0.392. The molecule has 0 radical (unpaired) electrons. The summed E-state index contributed by atoms with van der Waals surface area (Å²) in [6.45, 7) is 40.1. The van der Waals surface area contributed by atoms with Crippen molar-refractivity contribution in [3.05, 3.63) is 81.9 Å². The summed E-state index contributed by atoms with van der Waals surface area (Å²) in [6.07, 6.45) is 0. The summed E-state index contributed by atoms with van der Waals surface area (Å²) in [5, 5.41) is 0. The van der Waals surface area contributed by atoms with E-state index in [4.69, 9.17) is 18.1 Å². The van der Waals surface area contributed by atoms with Crippen molar-refractivity contribution in [2.45, 2.75) is 157 Å². The third-order valence-corrected chi connectivity index (χ3v) is 9.82. The highest BCUT2D eigenvalue weighted by Gasteiger charge is 2.29. The molecule has 4 nitrogen and oxygen atoms in total. The Bertz CT molecular complexity index is 1450. The number of hydrogen-bond acceptors (Lipinski definition) is 4. The fraction of sp³-hybridized carbons (Fsp3) is 0.571.